The minimum absolute atomic E-state index is 0.107. The van der Waals surface area contributed by atoms with Crippen LogP contribution in [0.4, 0.5) is 0 Å². The zero-order valence-corrected chi connectivity index (χ0v) is 12.6. The third kappa shape index (κ3) is 2.66. The van der Waals surface area contributed by atoms with Crippen molar-refractivity contribution in [2.45, 2.75) is 33.6 Å². The molecule has 0 amide bonds. The van der Waals surface area contributed by atoms with Crippen LogP contribution in [0.25, 0.3) is 10.9 Å². The van der Waals surface area contributed by atoms with E-state index in [1.54, 1.807) is 6.07 Å². The third-order valence-corrected chi connectivity index (χ3v) is 3.51. The van der Waals surface area contributed by atoms with Crippen LogP contribution in [-0.4, -0.2) is 4.98 Å². The van der Waals surface area contributed by atoms with Gasteiger partial charge in [-0.1, -0.05) is 36.7 Å². The van der Waals surface area contributed by atoms with Crippen LogP contribution in [0.15, 0.2) is 27.5 Å². The van der Waals surface area contributed by atoms with Gasteiger partial charge in [0.05, 0.1) is 5.52 Å². The molecule has 0 atom stereocenters. The van der Waals surface area contributed by atoms with Crippen LogP contribution in [-0.2, 0) is 12.8 Å². The fraction of sp³-hybridized carbons (Fsp3) is 0.400. The molecule has 0 unspecified atom stereocenters. The largest absolute Gasteiger partial charge is 0.358 e. The number of aromatic amines is 1. The van der Waals surface area contributed by atoms with Gasteiger partial charge in [-0.15, -0.1) is 0 Å². The number of rotatable bonds is 3. The van der Waals surface area contributed by atoms with Crippen molar-refractivity contribution in [1.82, 2.24) is 4.98 Å². The Bertz CT molecular complexity index is 628. The summed E-state index contributed by atoms with van der Waals surface area (Å²) in [7, 11) is 0. The number of aryl methyl sites for hydroxylation is 1. The summed E-state index contributed by atoms with van der Waals surface area (Å²) in [5, 5.41) is 0.772. The van der Waals surface area contributed by atoms with Gasteiger partial charge < -0.3 is 4.98 Å². The Morgan fingerprint density at radius 2 is 2.00 bits per heavy atom. The number of hydrogen-bond donors (Lipinski definition) is 1. The molecule has 1 aromatic heterocycles. The molecule has 2 rings (SSSR count). The molecule has 0 aliphatic heterocycles. The number of benzene rings is 1. The van der Waals surface area contributed by atoms with Crippen LogP contribution in [0.5, 0.6) is 0 Å². The predicted molar refractivity (Wildman–Crippen MR) is 80.2 cm³/mol. The molecule has 1 aromatic carbocycles. The molecule has 0 radical (unpaired) electrons. The van der Waals surface area contributed by atoms with E-state index in [2.05, 4.69) is 47.8 Å². The van der Waals surface area contributed by atoms with E-state index in [0.717, 1.165) is 33.9 Å². The summed E-state index contributed by atoms with van der Waals surface area (Å²) in [5.74, 6) is 0.540. The van der Waals surface area contributed by atoms with Crippen LogP contribution in [0.1, 0.15) is 32.0 Å². The maximum Gasteiger partial charge on any atom is 0.189 e. The monoisotopic (exact) mass is 307 g/mol. The molecule has 1 N–H and O–H groups in total. The highest BCUT2D eigenvalue weighted by Crippen LogP contribution is 2.22. The maximum atomic E-state index is 12.2. The number of nitrogens with one attached hydrogen (secondary N) is 1. The van der Waals surface area contributed by atoms with Gasteiger partial charge >= 0.3 is 0 Å². The number of fused-ring (bicyclic) bond motifs is 1. The average molecular weight is 308 g/mol. The summed E-state index contributed by atoms with van der Waals surface area (Å²) in [5.41, 5.74) is 3.31. The van der Waals surface area contributed by atoms with Crippen LogP contribution in [0, 0.1) is 5.92 Å². The fourth-order valence-corrected chi connectivity index (χ4v) is 2.77. The minimum atomic E-state index is 0.107. The molecule has 1 heterocycles. The second kappa shape index (κ2) is 5.27. The molecule has 96 valence electrons. The summed E-state index contributed by atoms with van der Waals surface area (Å²) >= 11 is 3.46. The first-order chi connectivity index (χ1) is 8.51. The second-order valence-corrected chi connectivity index (χ2v) is 6.01. The van der Waals surface area contributed by atoms with E-state index in [9.17, 15) is 4.79 Å². The van der Waals surface area contributed by atoms with Gasteiger partial charge in [-0.3, -0.25) is 4.79 Å². The van der Waals surface area contributed by atoms with Crippen molar-refractivity contribution in [2.24, 2.45) is 5.92 Å². The first-order valence-corrected chi connectivity index (χ1v) is 7.15. The molecule has 3 heteroatoms. The zero-order chi connectivity index (χ0) is 13.3. The second-order valence-electron chi connectivity index (χ2n) is 5.10. The SMILES string of the molecule is CCc1cc(Br)cc2c(=O)cc(CC(C)C)[nH]c12. The van der Waals surface area contributed by atoms with Crippen molar-refractivity contribution >= 4 is 26.8 Å². The molecule has 0 bridgehead atoms. The summed E-state index contributed by atoms with van der Waals surface area (Å²) < 4.78 is 0.967. The van der Waals surface area contributed by atoms with Crippen molar-refractivity contribution in [3.05, 3.63) is 44.2 Å². The Kier molecular flexibility index (Phi) is 3.91. The number of aromatic nitrogens is 1. The van der Waals surface area contributed by atoms with E-state index in [1.807, 2.05) is 6.07 Å². The van der Waals surface area contributed by atoms with Gasteiger partial charge in [-0.2, -0.15) is 0 Å². The summed E-state index contributed by atoms with van der Waals surface area (Å²) in [6, 6.07) is 5.71. The molecule has 0 fully saturated rings. The van der Waals surface area contributed by atoms with E-state index in [-0.39, 0.29) is 5.43 Å². The van der Waals surface area contributed by atoms with E-state index in [4.69, 9.17) is 0 Å². The highest BCUT2D eigenvalue weighted by molar-refractivity contribution is 9.10. The standard InChI is InChI=1S/C15H18BrNO/c1-4-10-6-11(16)7-13-14(18)8-12(5-9(2)3)17-15(10)13/h6-9H,4-5H2,1-3H3,(H,17,18). The summed E-state index contributed by atoms with van der Waals surface area (Å²) in [4.78, 5) is 15.6. The van der Waals surface area contributed by atoms with Crippen LogP contribution in [0.2, 0.25) is 0 Å². The molecule has 2 aromatic rings. The van der Waals surface area contributed by atoms with E-state index in [0.29, 0.717) is 5.92 Å². The first-order valence-electron chi connectivity index (χ1n) is 6.35. The Hall–Kier alpha value is -1.09. The predicted octanol–water partition coefficient (Wildman–Crippen LogP) is 4.05. The molecule has 0 spiro atoms. The Morgan fingerprint density at radius 3 is 2.61 bits per heavy atom. The van der Waals surface area contributed by atoms with E-state index < -0.39 is 0 Å². The molecule has 2 nitrogen and oxygen atoms in total. The lowest BCUT2D eigenvalue weighted by molar-refractivity contribution is 0.636. The smallest absolute Gasteiger partial charge is 0.189 e. The van der Waals surface area contributed by atoms with Gasteiger partial charge in [0.25, 0.3) is 0 Å². The fourth-order valence-electron chi connectivity index (χ4n) is 2.27. The Morgan fingerprint density at radius 1 is 1.28 bits per heavy atom. The zero-order valence-electron chi connectivity index (χ0n) is 11.0. The van der Waals surface area contributed by atoms with Gasteiger partial charge in [-0.05, 0) is 36.5 Å². The number of H-pyrrole nitrogens is 1. The number of pyridine rings is 1. The van der Waals surface area contributed by atoms with Gasteiger partial charge in [0.15, 0.2) is 5.43 Å². The Labute approximate surface area is 116 Å². The van der Waals surface area contributed by atoms with Gasteiger partial charge in [0.2, 0.25) is 0 Å². The topological polar surface area (TPSA) is 32.9 Å². The first kappa shape index (κ1) is 13.3. The lowest BCUT2D eigenvalue weighted by atomic mass is 10.0. The van der Waals surface area contributed by atoms with Crippen LogP contribution in [0.3, 0.4) is 0 Å². The highest BCUT2D eigenvalue weighted by atomic mass is 79.9. The van der Waals surface area contributed by atoms with Crippen molar-refractivity contribution in [3.63, 3.8) is 0 Å². The quantitative estimate of drug-likeness (QED) is 0.911. The molecule has 0 saturated carbocycles. The molecule has 0 saturated heterocycles. The third-order valence-electron chi connectivity index (χ3n) is 3.05. The van der Waals surface area contributed by atoms with Crippen molar-refractivity contribution in [2.75, 3.05) is 0 Å². The molecular weight excluding hydrogens is 290 g/mol. The summed E-state index contributed by atoms with van der Waals surface area (Å²) in [6.07, 6.45) is 1.82. The molecule has 18 heavy (non-hydrogen) atoms. The van der Waals surface area contributed by atoms with Gasteiger partial charge in [-0.25, -0.2) is 0 Å². The normalized spacial score (nSPS) is 11.4. The average Bonchev–Trinajstić information content (AvgIpc) is 2.28. The van der Waals surface area contributed by atoms with Crippen LogP contribution >= 0.6 is 15.9 Å². The maximum absolute atomic E-state index is 12.2. The highest BCUT2D eigenvalue weighted by Gasteiger charge is 2.08. The van der Waals surface area contributed by atoms with Crippen molar-refractivity contribution < 1.29 is 0 Å². The lowest BCUT2D eigenvalue weighted by Crippen LogP contribution is -2.08. The number of halogens is 1. The Balaban J connectivity index is 2.70. The minimum Gasteiger partial charge on any atom is -0.358 e. The summed E-state index contributed by atoms with van der Waals surface area (Å²) in [6.45, 7) is 6.42. The number of hydrogen-bond acceptors (Lipinski definition) is 1. The van der Waals surface area contributed by atoms with Crippen molar-refractivity contribution in [1.29, 1.82) is 0 Å². The van der Waals surface area contributed by atoms with Crippen molar-refractivity contribution in [3.8, 4) is 0 Å². The molecule has 0 aliphatic carbocycles. The lowest BCUT2D eigenvalue weighted by Gasteiger charge is -2.10. The molecule has 0 aliphatic rings. The van der Waals surface area contributed by atoms with Gasteiger partial charge in [0, 0.05) is 21.6 Å². The van der Waals surface area contributed by atoms with E-state index in [1.165, 1.54) is 5.56 Å². The van der Waals surface area contributed by atoms with E-state index >= 15 is 0 Å². The van der Waals surface area contributed by atoms with Crippen LogP contribution < -0.4 is 5.43 Å². The molecular formula is C15H18BrNO. The van der Waals surface area contributed by atoms with Gasteiger partial charge in [0.1, 0.15) is 0 Å².